The molecule has 2 aliphatic heterocycles. The van der Waals surface area contributed by atoms with Crippen LogP contribution in [-0.2, 0) is 4.79 Å². The molecular formula is C14H26N2O. The first-order valence-electron chi connectivity index (χ1n) is 7.14. The second-order valence-corrected chi connectivity index (χ2v) is 6.05. The highest BCUT2D eigenvalue weighted by Gasteiger charge is 2.34. The van der Waals surface area contributed by atoms with Gasteiger partial charge >= 0.3 is 0 Å². The van der Waals surface area contributed by atoms with Gasteiger partial charge in [-0.1, -0.05) is 13.8 Å². The Morgan fingerprint density at radius 3 is 2.76 bits per heavy atom. The molecule has 0 bridgehead atoms. The van der Waals surface area contributed by atoms with Crippen LogP contribution in [0.15, 0.2) is 0 Å². The van der Waals surface area contributed by atoms with Gasteiger partial charge in [0.2, 0.25) is 5.91 Å². The van der Waals surface area contributed by atoms with E-state index < -0.39 is 0 Å². The average Bonchev–Trinajstić information content (AvgIpc) is 2.39. The van der Waals surface area contributed by atoms with Crippen LogP contribution >= 0.6 is 0 Å². The van der Waals surface area contributed by atoms with Crippen LogP contribution in [0.2, 0.25) is 0 Å². The largest absolute Gasteiger partial charge is 0.342 e. The van der Waals surface area contributed by atoms with Crippen LogP contribution in [0, 0.1) is 11.3 Å². The minimum atomic E-state index is 0.287. The van der Waals surface area contributed by atoms with Crippen molar-refractivity contribution in [3.8, 4) is 0 Å². The van der Waals surface area contributed by atoms with Gasteiger partial charge in [0.1, 0.15) is 0 Å². The van der Waals surface area contributed by atoms with Crippen LogP contribution in [0.3, 0.4) is 0 Å². The van der Waals surface area contributed by atoms with E-state index in [1.807, 2.05) is 0 Å². The maximum Gasteiger partial charge on any atom is 0.225 e. The van der Waals surface area contributed by atoms with Gasteiger partial charge in [-0.2, -0.15) is 0 Å². The fourth-order valence-electron chi connectivity index (χ4n) is 3.12. The summed E-state index contributed by atoms with van der Waals surface area (Å²) in [6.45, 7) is 8.56. The van der Waals surface area contributed by atoms with Crippen molar-refractivity contribution in [1.29, 1.82) is 0 Å². The molecule has 2 aliphatic rings. The normalized spacial score (nSPS) is 31.5. The molecule has 1 N–H and O–H groups in total. The lowest BCUT2D eigenvalue weighted by Crippen LogP contribution is -2.48. The molecule has 3 nitrogen and oxygen atoms in total. The lowest BCUT2D eigenvalue weighted by molar-refractivity contribution is -0.139. The van der Waals surface area contributed by atoms with Gasteiger partial charge in [0.15, 0.2) is 0 Å². The number of piperidine rings is 2. The average molecular weight is 238 g/mol. The first-order chi connectivity index (χ1) is 8.14. The van der Waals surface area contributed by atoms with Gasteiger partial charge in [-0.15, -0.1) is 0 Å². The summed E-state index contributed by atoms with van der Waals surface area (Å²) in [6.07, 6.45) is 5.69. The molecule has 0 aliphatic carbocycles. The van der Waals surface area contributed by atoms with Crippen molar-refractivity contribution in [2.75, 3.05) is 26.2 Å². The second kappa shape index (κ2) is 5.38. The van der Waals surface area contributed by atoms with Crippen LogP contribution in [0.25, 0.3) is 0 Å². The molecule has 0 aromatic carbocycles. The number of hydrogen-bond donors (Lipinski definition) is 1. The number of carbonyl (C=O) groups is 1. The summed E-state index contributed by atoms with van der Waals surface area (Å²) in [5.74, 6) is 0.710. The fraction of sp³-hybridized carbons (Fsp3) is 0.929. The molecule has 2 heterocycles. The van der Waals surface area contributed by atoms with E-state index >= 15 is 0 Å². The summed E-state index contributed by atoms with van der Waals surface area (Å²) in [7, 11) is 0. The van der Waals surface area contributed by atoms with E-state index in [-0.39, 0.29) is 5.92 Å². The van der Waals surface area contributed by atoms with Crippen molar-refractivity contribution in [2.24, 2.45) is 11.3 Å². The van der Waals surface area contributed by atoms with E-state index in [4.69, 9.17) is 0 Å². The summed E-state index contributed by atoms with van der Waals surface area (Å²) in [5, 5.41) is 3.33. The zero-order valence-electron chi connectivity index (χ0n) is 11.3. The Labute approximate surface area is 105 Å². The number of carbonyl (C=O) groups excluding carboxylic acids is 1. The zero-order chi connectivity index (χ0) is 12.3. The molecule has 3 heteroatoms. The SMILES string of the molecule is CCC1(C)CCCN(C(=O)C2CCNCC2)C1. The molecular weight excluding hydrogens is 212 g/mol. The first kappa shape index (κ1) is 12.9. The smallest absolute Gasteiger partial charge is 0.225 e. The van der Waals surface area contributed by atoms with E-state index in [2.05, 4.69) is 24.1 Å². The minimum Gasteiger partial charge on any atom is -0.342 e. The molecule has 2 rings (SSSR count). The number of rotatable bonds is 2. The molecule has 98 valence electrons. The maximum absolute atomic E-state index is 12.5. The third-order valence-corrected chi connectivity index (χ3v) is 4.63. The highest BCUT2D eigenvalue weighted by molar-refractivity contribution is 5.79. The molecule has 2 saturated heterocycles. The molecule has 0 aromatic rings. The Balaban J connectivity index is 1.94. The van der Waals surface area contributed by atoms with Crippen LogP contribution in [-0.4, -0.2) is 37.0 Å². The van der Waals surface area contributed by atoms with Crippen LogP contribution in [0.5, 0.6) is 0 Å². The van der Waals surface area contributed by atoms with Crippen LogP contribution in [0.1, 0.15) is 46.0 Å². The topological polar surface area (TPSA) is 32.3 Å². The first-order valence-corrected chi connectivity index (χ1v) is 7.14. The van der Waals surface area contributed by atoms with Crippen molar-refractivity contribution < 1.29 is 4.79 Å². The van der Waals surface area contributed by atoms with Crippen LogP contribution in [0.4, 0.5) is 0 Å². The molecule has 0 saturated carbocycles. The minimum absolute atomic E-state index is 0.287. The maximum atomic E-state index is 12.5. The molecule has 0 radical (unpaired) electrons. The lowest BCUT2D eigenvalue weighted by Gasteiger charge is -2.41. The molecule has 1 amide bonds. The standard InChI is InChI=1S/C14H26N2O/c1-3-14(2)7-4-10-16(11-14)13(17)12-5-8-15-9-6-12/h12,15H,3-11H2,1-2H3. The molecule has 1 unspecified atom stereocenters. The highest BCUT2D eigenvalue weighted by Crippen LogP contribution is 2.33. The second-order valence-electron chi connectivity index (χ2n) is 6.05. The van der Waals surface area contributed by atoms with Gasteiger partial charge in [-0.25, -0.2) is 0 Å². The summed E-state index contributed by atoms with van der Waals surface area (Å²) in [5.41, 5.74) is 0.362. The molecule has 0 aromatic heterocycles. The van der Waals surface area contributed by atoms with Gasteiger partial charge in [0.25, 0.3) is 0 Å². The summed E-state index contributed by atoms with van der Waals surface area (Å²) in [6, 6.07) is 0. The fourth-order valence-corrected chi connectivity index (χ4v) is 3.12. The summed E-state index contributed by atoms with van der Waals surface area (Å²) in [4.78, 5) is 14.6. The Morgan fingerprint density at radius 1 is 1.41 bits per heavy atom. The van der Waals surface area contributed by atoms with Gasteiger partial charge in [-0.3, -0.25) is 4.79 Å². The molecule has 17 heavy (non-hydrogen) atoms. The van der Waals surface area contributed by atoms with Crippen LogP contribution < -0.4 is 5.32 Å². The number of amides is 1. The third kappa shape index (κ3) is 3.01. The number of nitrogens with one attached hydrogen (secondary N) is 1. The molecule has 0 spiro atoms. The van der Waals surface area contributed by atoms with Crippen molar-refractivity contribution in [1.82, 2.24) is 10.2 Å². The third-order valence-electron chi connectivity index (χ3n) is 4.63. The van der Waals surface area contributed by atoms with E-state index in [0.29, 0.717) is 11.3 Å². The number of hydrogen-bond acceptors (Lipinski definition) is 2. The van der Waals surface area contributed by atoms with E-state index in [0.717, 1.165) is 39.0 Å². The predicted octanol–water partition coefficient (Wildman–Crippen LogP) is 2.02. The van der Waals surface area contributed by atoms with Crippen molar-refractivity contribution >= 4 is 5.91 Å². The Bertz CT molecular complexity index is 273. The van der Waals surface area contributed by atoms with Gasteiger partial charge in [0.05, 0.1) is 0 Å². The zero-order valence-corrected chi connectivity index (χ0v) is 11.3. The van der Waals surface area contributed by atoms with Gasteiger partial charge in [-0.05, 0) is 50.6 Å². The Hall–Kier alpha value is -0.570. The molecule has 2 fully saturated rings. The highest BCUT2D eigenvalue weighted by atomic mass is 16.2. The Kier molecular flexibility index (Phi) is 4.08. The lowest BCUT2D eigenvalue weighted by atomic mass is 9.79. The van der Waals surface area contributed by atoms with E-state index in [9.17, 15) is 4.79 Å². The number of likely N-dealkylation sites (tertiary alicyclic amines) is 1. The van der Waals surface area contributed by atoms with E-state index in [1.54, 1.807) is 0 Å². The Morgan fingerprint density at radius 2 is 2.12 bits per heavy atom. The van der Waals surface area contributed by atoms with Crippen molar-refractivity contribution in [3.63, 3.8) is 0 Å². The summed E-state index contributed by atoms with van der Waals surface area (Å²) < 4.78 is 0. The van der Waals surface area contributed by atoms with E-state index in [1.165, 1.54) is 19.3 Å². The van der Waals surface area contributed by atoms with Crippen molar-refractivity contribution in [2.45, 2.75) is 46.0 Å². The quantitative estimate of drug-likeness (QED) is 0.798. The van der Waals surface area contributed by atoms with Gasteiger partial charge < -0.3 is 10.2 Å². The van der Waals surface area contributed by atoms with Crippen molar-refractivity contribution in [3.05, 3.63) is 0 Å². The molecule has 1 atom stereocenters. The van der Waals surface area contributed by atoms with Gasteiger partial charge in [0, 0.05) is 19.0 Å². The predicted molar refractivity (Wildman–Crippen MR) is 69.8 cm³/mol. The monoisotopic (exact) mass is 238 g/mol. The summed E-state index contributed by atoms with van der Waals surface area (Å²) >= 11 is 0. The number of nitrogens with zero attached hydrogens (tertiary/aromatic N) is 1.